The molecule has 1 heterocycles. The molecule has 4 heteroatoms. The highest BCUT2D eigenvalue weighted by atomic mass is 19.1. The Morgan fingerprint density at radius 1 is 1.00 bits per heavy atom. The fourth-order valence-electron chi connectivity index (χ4n) is 2.25. The Bertz CT molecular complexity index is 874. The lowest BCUT2D eigenvalue weighted by atomic mass is 10.0. The molecule has 0 aliphatic heterocycles. The van der Waals surface area contributed by atoms with Crippen molar-refractivity contribution in [1.82, 2.24) is 4.98 Å². The summed E-state index contributed by atoms with van der Waals surface area (Å²) < 4.78 is 13.5. The molecule has 3 rings (SSSR count). The zero-order valence-corrected chi connectivity index (χ0v) is 11.6. The first-order chi connectivity index (χ1) is 10.6. The Morgan fingerprint density at radius 3 is 2.55 bits per heavy atom. The van der Waals surface area contributed by atoms with Crippen molar-refractivity contribution in [3.63, 3.8) is 0 Å². The number of ketones is 2. The maximum atomic E-state index is 13.5. The van der Waals surface area contributed by atoms with E-state index in [-0.39, 0.29) is 17.5 Å². The Balaban J connectivity index is 1.85. The number of carbonyl (C=O) groups is 2. The van der Waals surface area contributed by atoms with E-state index in [4.69, 9.17) is 0 Å². The number of para-hydroxylation sites is 1. The van der Waals surface area contributed by atoms with Gasteiger partial charge in [-0.2, -0.15) is 0 Å². The Hall–Kier alpha value is -2.88. The summed E-state index contributed by atoms with van der Waals surface area (Å²) in [5, 5.41) is 0.784. The summed E-state index contributed by atoms with van der Waals surface area (Å²) >= 11 is 0. The fraction of sp³-hybridized carbons (Fsp3) is 0.0556. The molecule has 0 aliphatic carbocycles. The third-order valence-corrected chi connectivity index (χ3v) is 3.41. The third-order valence-electron chi connectivity index (χ3n) is 3.41. The number of hydrogen-bond donors (Lipinski definition) is 0. The summed E-state index contributed by atoms with van der Waals surface area (Å²) in [7, 11) is 0. The van der Waals surface area contributed by atoms with Crippen LogP contribution in [0.15, 0.2) is 60.8 Å². The van der Waals surface area contributed by atoms with Gasteiger partial charge in [0, 0.05) is 23.6 Å². The van der Waals surface area contributed by atoms with Crippen LogP contribution in [0.25, 0.3) is 10.9 Å². The quantitative estimate of drug-likeness (QED) is 0.547. The lowest BCUT2D eigenvalue weighted by Gasteiger charge is -2.03. The van der Waals surface area contributed by atoms with Crippen molar-refractivity contribution in [2.75, 3.05) is 0 Å². The van der Waals surface area contributed by atoms with Gasteiger partial charge >= 0.3 is 0 Å². The molecule has 0 saturated heterocycles. The first kappa shape index (κ1) is 14.1. The molecule has 3 nitrogen and oxygen atoms in total. The van der Waals surface area contributed by atoms with Crippen LogP contribution in [-0.4, -0.2) is 16.6 Å². The van der Waals surface area contributed by atoms with E-state index < -0.39 is 17.4 Å². The second-order valence-electron chi connectivity index (χ2n) is 4.94. The maximum absolute atomic E-state index is 13.5. The van der Waals surface area contributed by atoms with Crippen molar-refractivity contribution >= 4 is 22.5 Å². The zero-order valence-electron chi connectivity index (χ0n) is 11.6. The number of pyridine rings is 1. The van der Waals surface area contributed by atoms with E-state index in [9.17, 15) is 14.0 Å². The minimum atomic E-state index is -0.651. The molecular weight excluding hydrogens is 281 g/mol. The van der Waals surface area contributed by atoms with Gasteiger partial charge in [-0.1, -0.05) is 36.4 Å². The average molecular weight is 293 g/mol. The molecule has 2 aromatic carbocycles. The van der Waals surface area contributed by atoms with Crippen molar-refractivity contribution in [3.8, 4) is 0 Å². The maximum Gasteiger partial charge on any atom is 0.230 e. The molecule has 0 aliphatic rings. The summed E-state index contributed by atoms with van der Waals surface area (Å²) in [6.45, 7) is 0. The third kappa shape index (κ3) is 2.76. The van der Waals surface area contributed by atoms with Crippen molar-refractivity contribution in [3.05, 3.63) is 77.7 Å². The van der Waals surface area contributed by atoms with Crippen molar-refractivity contribution in [2.24, 2.45) is 0 Å². The van der Waals surface area contributed by atoms with Gasteiger partial charge < -0.3 is 0 Å². The topological polar surface area (TPSA) is 47.0 Å². The summed E-state index contributed by atoms with van der Waals surface area (Å²) in [6, 6.07) is 14.9. The van der Waals surface area contributed by atoms with Gasteiger partial charge in [-0.15, -0.1) is 0 Å². The molecule has 0 unspecified atom stereocenters. The molecule has 0 bridgehead atoms. The van der Waals surface area contributed by atoms with Crippen LogP contribution < -0.4 is 0 Å². The van der Waals surface area contributed by atoms with Gasteiger partial charge in [-0.05, 0) is 23.8 Å². The van der Waals surface area contributed by atoms with Gasteiger partial charge in [0.1, 0.15) is 5.82 Å². The van der Waals surface area contributed by atoms with Gasteiger partial charge in [0.05, 0.1) is 5.52 Å². The minimum Gasteiger partial charge on any atom is -0.290 e. The molecule has 0 fully saturated rings. The highest BCUT2D eigenvalue weighted by molar-refractivity contribution is 6.44. The van der Waals surface area contributed by atoms with Gasteiger partial charge in [-0.25, -0.2) is 4.39 Å². The van der Waals surface area contributed by atoms with Gasteiger partial charge in [-0.3, -0.25) is 14.6 Å². The highest BCUT2D eigenvalue weighted by Crippen LogP contribution is 2.14. The summed E-state index contributed by atoms with van der Waals surface area (Å²) in [4.78, 5) is 28.4. The number of nitrogens with zero attached hydrogens (tertiary/aromatic N) is 1. The molecule has 0 radical (unpaired) electrons. The normalized spacial score (nSPS) is 10.6. The highest BCUT2D eigenvalue weighted by Gasteiger charge is 2.18. The van der Waals surface area contributed by atoms with Crippen LogP contribution in [0.2, 0.25) is 0 Å². The zero-order chi connectivity index (χ0) is 15.5. The molecule has 22 heavy (non-hydrogen) atoms. The second-order valence-corrected chi connectivity index (χ2v) is 4.94. The Kier molecular flexibility index (Phi) is 3.74. The number of halogens is 1. The minimum absolute atomic E-state index is 0.217. The van der Waals surface area contributed by atoms with Crippen LogP contribution in [0.1, 0.15) is 15.9 Å². The van der Waals surface area contributed by atoms with Crippen LogP contribution in [0.5, 0.6) is 0 Å². The predicted octanol–water partition coefficient (Wildman–Crippen LogP) is 3.37. The molecule has 3 aromatic rings. The number of benzene rings is 2. The largest absolute Gasteiger partial charge is 0.290 e. The molecular formula is C18H12FNO2. The first-order valence-electron chi connectivity index (χ1n) is 6.81. The Labute approximate surface area is 126 Å². The van der Waals surface area contributed by atoms with E-state index >= 15 is 0 Å². The summed E-state index contributed by atoms with van der Waals surface area (Å²) in [5.74, 6) is -1.79. The van der Waals surface area contributed by atoms with Crippen molar-refractivity contribution in [2.45, 2.75) is 6.42 Å². The smallest absolute Gasteiger partial charge is 0.230 e. The molecule has 108 valence electrons. The molecule has 0 amide bonds. The number of hydrogen-bond acceptors (Lipinski definition) is 3. The molecule has 0 N–H and O–H groups in total. The van der Waals surface area contributed by atoms with E-state index in [1.807, 2.05) is 24.3 Å². The van der Waals surface area contributed by atoms with E-state index in [2.05, 4.69) is 4.98 Å². The van der Waals surface area contributed by atoms with E-state index in [0.717, 1.165) is 10.9 Å². The molecule has 1 aromatic heterocycles. The second kappa shape index (κ2) is 5.85. The van der Waals surface area contributed by atoms with Gasteiger partial charge in [0.15, 0.2) is 0 Å². The van der Waals surface area contributed by atoms with E-state index in [1.54, 1.807) is 18.2 Å². The lowest BCUT2D eigenvalue weighted by Crippen LogP contribution is -2.17. The monoisotopic (exact) mass is 293 g/mol. The van der Waals surface area contributed by atoms with E-state index in [0.29, 0.717) is 0 Å². The number of aromatic nitrogens is 1. The molecule has 0 atom stereocenters. The van der Waals surface area contributed by atoms with Crippen LogP contribution in [0.3, 0.4) is 0 Å². The Morgan fingerprint density at radius 2 is 1.73 bits per heavy atom. The predicted molar refractivity (Wildman–Crippen MR) is 81.2 cm³/mol. The SMILES string of the molecule is O=C(Cc1ccccc1F)C(=O)c1cnc2ccccc2c1. The average Bonchev–Trinajstić information content (AvgIpc) is 2.55. The lowest BCUT2D eigenvalue weighted by molar-refractivity contribution is -0.114. The molecule has 0 spiro atoms. The number of Topliss-reactive ketones (excluding diaryl/α,β-unsaturated/α-hetero) is 2. The van der Waals surface area contributed by atoms with Crippen LogP contribution in [-0.2, 0) is 11.2 Å². The van der Waals surface area contributed by atoms with Crippen molar-refractivity contribution < 1.29 is 14.0 Å². The standard InChI is InChI=1S/C18H12FNO2/c19-15-7-3-1-5-12(15)10-17(21)18(22)14-9-13-6-2-4-8-16(13)20-11-14/h1-9,11H,10H2. The van der Waals surface area contributed by atoms with Crippen LogP contribution in [0, 0.1) is 5.82 Å². The van der Waals surface area contributed by atoms with Crippen LogP contribution in [0.4, 0.5) is 4.39 Å². The number of fused-ring (bicyclic) bond motifs is 1. The summed E-state index contributed by atoms with van der Waals surface area (Å²) in [6.07, 6.45) is 1.13. The fourth-order valence-corrected chi connectivity index (χ4v) is 2.25. The van der Waals surface area contributed by atoms with Crippen LogP contribution >= 0.6 is 0 Å². The number of rotatable bonds is 4. The van der Waals surface area contributed by atoms with E-state index in [1.165, 1.54) is 18.3 Å². The molecule has 0 saturated carbocycles. The first-order valence-corrected chi connectivity index (χ1v) is 6.81. The summed E-state index contributed by atoms with van der Waals surface area (Å²) in [5.41, 5.74) is 1.19. The van der Waals surface area contributed by atoms with Crippen molar-refractivity contribution in [1.29, 1.82) is 0 Å². The van der Waals surface area contributed by atoms with Gasteiger partial charge in [0.25, 0.3) is 0 Å². The van der Waals surface area contributed by atoms with Gasteiger partial charge in [0.2, 0.25) is 11.6 Å². The number of carbonyl (C=O) groups excluding carboxylic acids is 2.